The second-order valence-electron chi connectivity index (χ2n) is 2.53. The van der Waals surface area contributed by atoms with Crippen molar-refractivity contribution in [2.45, 2.75) is 6.92 Å². The molecular formula is C8H10N2O2. The summed E-state index contributed by atoms with van der Waals surface area (Å²) in [7, 11) is 0. The smallest absolute Gasteiger partial charge is 0.284 e. The Morgan fingerprint density at radius 3 is 3.25 bits per heavy atom. The zero-order chi connectivity index (χ0) is 8.55. The van der Waals surface area contributed by atoms with Crippen LogP contribution in [0.4, 0.5) is 0 Å². The van der Waals surface area contributed by atoms with Crippen LogP contribution in [0.5, 0.6) is 5.95 Å². The summed E-state index contributed by atoms with van der Waals surface area (Å²) in [5, 5.41) is 9.03. The highest BCUT2D eigenvalue weighted by atomic mass is 16.5. The van der Waals surface area contributed by atoms with E-state index in [-0.39, 0.29) is 5.95 Å². The molecule has 2 N–H and O–H groups in total. The van der Waals surface area contributed by atoms with Crippen molar-refractivity contribution in [3.8, 4) is 5.95 Å². The molecule has 64 valence electrons. The Hall–Kier alpha value is -1.58. The van der Waals surface area contributed by atoms with Gasteiger partial charge in [0.05, 0.1) is 0 Å². The van der Waals surface area contributed by atoms with E-state index in [4.69, 9.17) is 9.52 Å². The predicted octanol–water partition coefficient (Wildman–Crippen LogP) is 1.50. The molecule has 0 fully saturated rings. The van der Waals surface area contributed by atoms with Crippen molar-refractivity contribution in [3.05, 3.63) is 18.3 Å². The van der Waals surface area contributed by atoms with E-state index in [1.165, 1.54) is 0 Å². The lowest BCUT2D eigenvalue weighted by atomic mass is 10.5. The first kappa shape index (κ1) is 7.09. The van der Waals surface area contributed by atoms with Crippen LogP contribution in [-0.2, 0) is 0 Å². The molecule has 0 unspecified atom stereocenters. The molecule has 0 atom stereocenters. The van der Waals surface area contributed by atoms with Gasteiger partial charge in [0, 0.05) is 24.9 Å². The maximum absolute atomic E-state index is 9.03. The quantitative estimate of drug-likeness (QED) is 0.710. The fraction of sp³-hybridized carbons (Fsp3) is 0.250. The van der Waals surface area contributed by atoms with Crippen LogP contribution in [-0.4, -0.2) is 16.3 Å². The van der Waals surface area contributed by atoms with Gasteiger partial charge in [0.1, 0.15) is 5.52 Å². The molecule has 2 heterocycles. The zero-order valence-corrected chi connectivity index (χ0v) is 6.74. The number of hydrogen-bond acceptors (Lipinski definition) is 3. The van der Waals surface area contributed by atoms with E-state index >= 15 is 0 Å². The molecule has 4 nitrogen and oxygen atoms in total. The lowest BCUT2D eigenvalue weighted by molar-refractivity contribution is 0.346. The number of furan rings is 1. The summed E-state index contributed by atoms with van der Waals surface area (Å²) in [4.78, 5) is 0. The number of hydrogen-bond donors (Lipinski definition) is 2. The Balaban J connectivity index is 2.53. The molecule has 2 aromatic heterocycles. The normalized spacial score (nSPS) is 10.8. The molecule has 2 aromatic rings. The summed E-state index contributed by atoms with van der Waals surface area (Å²) in [6.45, 7) is 2.83. The number of nitrogens with one attached hydrogen (secondary N) is 1. The summed E-state index contributed by atoms with van der Waals surface area (Å²) in [5.41, 5.74) is 4.63. The van der Waals surface area contributed by atoms with Gasteiger partial charge < -0.3 is 14.9 Å². The largest absolute Gasteiger partial charge is 0.481 e. The first-order valence-electron chi connectivity index (χ1n) is 3.85. The lowest BCUT2D eigenvalue weighted by Gasteiger charge is -2.02. The Morgan fingerprint density at radius 1 is 1.67 bits per heavy atom. The van der Waals surface area contributed by atoms with Crippen LogP contribution in [0.1, 0.15) is 6.92 Å². The minimum atomic E-state index is -0.0488. The van der Waals surface area contributed by atoms with Crippen LogP contribution in [0.15, 0.2) is 22.7 Å². The minimum Gasteiger partial charge on any atom is -0.481 e. The maximum atomic E-state index is 9.03. The van der Waals surface area contributed by atoms with Gasteiger partial charge in [-0.1, -0.05) is 0 Å². The summed E-state index contributed by atoms with van der Waals surface area (Å²) in [5.74, 6) is -0.0488. The van der Waals surface area contributed by atoms with Gasteiger partial charge in [-0.3, -0.25) is 4.68 Å². The van der Waals surface area contributed by atoms with Crippen LogP contribution < -0.4 is 5.43 Å². The van der Waals surface area contributed by atoms with E-state index in [1.807, 2.05) is 17.8 Å². The summed E-state index contributed by atoms with van der Waals surface area (Å²) in [6, 6.07) is 3.38. The molecule has 0 spiro atoms. The predicted molar refractivity (Wildman–Crippen MR) is 45.8 cm³/mol. The standard InChI is InChI=1S/C8H10N2O2/c1-2-9-10-4-3-7-6(10)5-8(11)12-7/h3-5,9,11H,2H2,1H3. The van der Waals surface area contributed by atoms with Crippen molar-refractivity contribution >= 4 is 11.1 Å². The lowest BCUT2D eigenvalue weighted by Crippen LogP contribution is -2.11. The molecule has 0 amide bonds. The van der Waals surface area contributed by atoms with E-state index in [0.717, 1.165) is 12.1 Å². The SMILES string of the molecule is CCNn1ccc2oc(O)cc21. The molecule has 0 saturated heterocycles. The van der Waals surface area contributed by atoms with Crippen molar-refractivity contribution < 1.29 is 9.52 Å². The van der Waals surface area contributed by atoms with Gasteiger partial charge in [-0.25, -0.2) is 0 Å². The average molecular weight is 166 g/mol. The van der Waals surface area contributed by atoms with Gasteiger partial charge in [-0.2, -0.15) is 0 Å². The van der Waals surface area contributed by atoms with Gasteiger partial charge in [-0.05, 0) is 6.92 Å². The minimum absolute atomic E-state index is 0.0488. The Labute approximate surface area is 69.4 Å². The number of aromatic hydroxyl groups is 1. The summed E-state index contributed by atoms with van der Waals surface area (Å²) in [6.07, 6.45) is 1.86. The number of rotatable bonds is 2. The van der Waals surface area contributed by atoms with Gasteiger partial charge in [0.2, 0.25) is 0 Å². The van der Waals surface area contributed by atoms with Gasteiger partial charge in [0.15, 0.2) is 5.58 Å². The monoisotopic (exact) mass is 166 g/mol. The molecule has 0 aliphatic heterocycles. The molecule has 0 aliphatic carbocycles. The van der Waals surface area contributed by atoms with Crippen molar-refractivity contribution in [2.75, 3.05) is 12.0 Å². The Bertz CT molecular complexity index is 389. The van der Waals surface area contributed by atoms with Crippen LogP contribution in [0.25, 0.3) is 11.1 Å². The zero-order valence-electron chi connectivity index (χ0n) is 6.74. The molecule has 0 aromatic carbocycles. The van der Waals surface area contributed by atoms with E-state index in [1.54, 1.807) is 12.1 Å². The van der Waals surface area contributed by atoms with E-state index in [2.05, 4.69) is 5.43 Å². The van der Waals surface area contributed by atoms with Crippen LogP contribution in [0.2, 0.25) is 0 Å². The molecule has 0 aliphatic rings. The molecule has 0 saturated carbocycles. The van der Waals surface area contributed by atoms with Crippen molar-refractivity contribution in [2.24, 2.45) is 0 Å². The van der Waals surface area contributed by atoms with E-state index in [9.17, 15) is 0 Å². The third-order valence-electron chi connectivity index (χ3n) is 1.69. The Morgan fingerprint density at radius 2 is 2.50 bits per heavy atom. The average Bonchev–Trinajstić information content (AvgIpc) is 2.52. The van der Waals surface area contributed by atoms with Crippen LogP contribution in [0.3, 0.4) is 0 Å². The third-order valence-corrected chi connectivity index (χ3v) is 1.69. The fourth-order valence-corrected chi connectivity index (χ4v) is 1.22. The molecule has 0 radical (unpaired) electrons. The highest BCUT2D eigenvalue weighted by Crippen LogP contribution is 2.23. The van der Waals surface area contributed by atoms with Crippen molar-refractivity contribution in [3.63, 3.8) is 0 Å². The van der Waals surface area contributed by atoms with Gasteiger partial charge in [-0.15, -0.1) is 0 Å². The second-order valence-corrected chi connectivity index (χ2v) is 2.53. The molecule has 12 heavy (non-hydrogen) atoms. The first-order valence-corrected chi connectivity index (χ1v) is 3.85. The van der Waals surface area contributed by atoms with Gasteiger partial charge in [0.25, 0.3) is 5.95 Å². The van der Waals surface area contributed by atoms with Crippen LogP contribution in [0, 0.1) is 0 Å². The number of aromatic nitrogens is 1. The van der Waals surface area contributed by atoms with E-state index in [0.29, 0.717) is 5.58 Å². The van der Waals surface area contributed by atoms with Crippen molar-refractivity contribution in [1.82, 2.24) is 4.68 Å². The molecule has 2 rings (SSSR count). The van der Waals surface area contributed by atoms with Crippen LogP contribution >= 0.6 is 0 Å². The highest BCUT2D eigenvalue weighted by molar-refractivity contribution is 5.76. The highest BCUT2D eigenvalue weighted by Gasteiger charge is 2.05. The van der Waals surface area contributed by atoms with E-state index < -0.39 is 0 Å². The first-order chi connectivity index (χ1) is 5.81. The summed E-state index contributed by atoms with van der Waals surface area (Å²) < 4.78 is 6.81. The molecule has 4 heteroatoms. The molecule has 0 bridgehead atoms. The Kier molecular flexibility index (Phi) is 1.46. The number of fused-ring (bicyclic) bond motifs is 1. The molecular weight excluding hydrogens is 156 g/mol. The fourth-order valence-electron chi connectivity index (χ4n) is 1.22. The summed E-state index contributed by atoms with van der Waals surface area (Å²) >= 11 is 0. The topological polar surface area (TPSA) is 50.3 Å². The van der Waals surface area contributed by atoms with Gasteiger partial charge >= 0.3 is 0 Å². The number of nitrogens with zero attached hydrogens (tertiary/aromatic N) is 1. The maximum Gasteiger partial charge on any atom is 0.284 e. The van der Waals surface area contributed by atoms with Crippen molar-refractivity contribution in [1.29, 1.82) is 0 Å². The second kappa shape index (κ2) is 2.48. The third kappa shape index (κ3) is 0.922.